The SMILES string of the molecule is CC(C)(C)OC(=O)NC1COC2(CCN(C(=O)O)CC2)C1. The zero-order chi connectivity index (χ0) is 15.7. The van der Waals surface area contributed by atoms with Crippen LogP contribution in [0.2, 0.25) is 0 Å². The van der Waals surface area contributed by atoms with Gasteiger partial charge in [0.2, 0.25) is 0 Å². The molecule has 2 saturated heterocycles. The molecule has 0 saturated carbocycles. The van der Waals surface area contributed by atoms with Crippen molar-refractivity contribution in [3.05, 3.63) is 0 Å². The summed E-state index contributed by atoms with van der Waals surface area (Å²) in [6.45, 7) is 6.87. The fraction of sp³-hybridized carbons (Fsp3) is 0.857. The Morgan fingerprint density at radius 1 is 1.33 bits per heavy atom. The van der Waals surface area contributed by atoms with Crippen LogP contribution in [0.15, 0.2) is 0 Å². The first-order chi connectivity index (χ1) is 9.69. The van der Waals surface area contributed by atoms with Crippen LogP contribution in [0.3, 0.4) is 0 Å². The van der Waals surface area contributed by atoms with Gasteiger partial charge in [-0.3, -0.25) is 0 Å². The molecule has 2 N–H and O–H groups in total. The Labute approximate surface area is 124 Å². The average molecular weight is 300 g/mol. The van der Waals surface area contributed by atoms with Crippen LogP contribution in [0.5, 0.6) is 0 Å². The first-order valence-electron chi connectivity index (χ1n) is 7.30. The van der Waals surface area contributed by atoms with Crippen LogP contribution >= 0.6 is 0 Å². The number of rotatable bonds is 1. The molecule has 2 aliphatic rings. The van der Waals surface area contributed by atoms with E-state index in [1.54, 1.807) is 0 Å². The van der Waals surface area contributed by atoms with E-state index in [0.29, 0.717) is 39.0 Å². The second-order valence-electron chi connectivity index (χ2n) is 6.81. The number of nitrogens with one attached hydrogen (secondary N) is 1. The van der Waals surface area contributed by atoms with Gasteiger partial charge in [0.25, 0.3) is 0 Å². The maximum atomic E-state index is 11.8. The van der Waals surface area contributed by atoms with Crippen LogP contribution in [0.1, 0.15) is 40.0 Å². The Kier molecular flexibility index (Phi) is 4.32. The van der Waals surface area contributed by atoms with Gasteiger partial charge in [-0.25, -0.2) is 9.59 Å². The van der Waals surface area contributed by atoms with E-state index in [1.807, 2.05) is 20.8 Å². The standard InChI is InChI=1S/C14H24N2O5/c1-13(2,3)21-11(17)15-10-8-14(20-9-10)4-6-16(7-5-14)12(18)19/h10H,4-9H2,1-3H3,(H,15,17)(H,18,19). The van der Waals surface area contributed by atoms with Crippen molar-refractivity contribution in [3.63, 3.8) is 0 Å². The molecule has 1 unspecified atom stereocenters. The second kappa shape index (κ2) is 5.71. The highest BCUT2D eigenvalue weighted by Gasteiger charge is 2.44. The Bertz CT molecular complexity index is 410. The highest BCUT2D eigenvalue weighted by Crippen LogP contribution is 2.36. The van der Waals surface area contributed by atoms with Gasteiger partial charge >= 0.3 is 12.2 Å². The van der Waals surface area contributed by atoms with Gasteiger partial charge in [0.15, 0.2) is 0 Å². The summed E-state index contributed by atoms with van der Waals surface area (Å²) in [6, 6.07) is -0.0729. The third-order valence-corrected chi connectivity index (χ3v) is 3.88. The maximum Gasteiger partial charge on any atom is 0.407 e. The summed E-state index contributed by atoms with van der Waals surface area (Å²) >= 11 is 0. The number of hydrogen-bond acceptors (Lipinski definition) is 4. The predicted octanol–water partition coefficient (Wildman–Crippen LogP) is 1.81. The summed E-state index contributed by atoms with van der Waals surface area (Å²) in [6.07, 6.45) is 0.736. The van der Waals surface area contributed by atoms with E-state index in [9.17, 15) is 9.59 Å². The number of carbonyl (C=O) groups excluding carboxylic acids is 1. The van der Waals surface area contributed by atoms with E-state index in [-0.39, 0.29) is 11.6 Å². The quantitative estimate of drug-likeness (QED) is 0.771. The number of likely N-dealkylation sites (tertiary alicyclic amines) is 1. The lowest BCUT2D eigenvalue weighted by molar-refractivity contribution is -0.0395. The molecular formula is C14H24N2O5. The van der Waals surface area contributed by atoms with Gasteiger partial charge in [0, 0.05) is 13.1 Å². The Morgan fingerprint density at radius 3 is 2.48 bits per heavy atom. The Morgan fingerprint density at radius 2 is 1.95 bits per heavy atom. The van der Waals surface area contributed by atoms with E-state index >= 15 is 0 Å². The second-order valence-corrected chi connectivity index (χ2v) is 6.81. The average Bonchev–Trinajstić information content (AvgIpc) is 2.70. The number of ether oxygens (including phenoxy) is 2. The molecule has 0 aromatic heterocycles. The number of alkyl carbamates (subject to hydrolysis) is 1. The fourth-order valence-corrected chi connectivity index (χ4v) is 2.87. The minimum Gasteiger partial charge on any atom is -0.465 e. The monoisotopic (exact) mass is 300 g/mol. The van der Waals surface area contributed by atoms with E-state index < -0.39 is 17.8 Å². The number of nitrogens with zero attached hydrogens (tertiary/aromatic N) is 1. The molecule has 0 aliphatic carbocycles. The summed E-state index contributed by atoms with van der Waals surface area (Å²) in [7, 11) is 0. The van der Waals surface area contributed by atoms with Crippen molar-refractivity contribution in [2.24, 2.45) is 0 Å². The van der Waals surface area contributed by atoms with Gasteiger partial charge in [0.05, 0.1) is 18.2 Å². The summed E-state index contributed by atoms with van der Waals surface area (Å²) in [5.41, 5.74) is -0.820. The van der Waals surface area contributed by atoms with Crippen LogP contribution in [0.25, 0.3) is 0 Å². The number of piperidine rings is 1. The zero-order valence-corrected chi connectivity index (χ0v) is 12.8. The Balaban J connectivity index is 1.81. The lowest BCUT2D eigenvalue weighted by atomic mass is 9.87. The summed E-state index contributed by atoms with van der Waals surface area (Å²) in [5.74, 6) is 0. The highest BCUT2D eigenvalue weighted by atomic mass is 16.6. The van der Waals surface area contributed by atoms with Gasteiger partial charge in [0.1, 0.15) is 5.60 Å². The molecule has 0 aromatic carbocycles. The molecule has 2 rings (SSSR count). The largest absolute Gasteiger partial charge is 0.465 e. The normalized spacial score (nSPS) is 24.9. The molecule has 1 spiro atoms. The van der Waals surface area contributed by atoms with Crippen molar-refractivity contribution in [2.75, 3.05) is 19.7 Å². The first-order valence-corrected chi connectivity index (χ1v) is 7.30. The number of carboxylic acid groups (broad SMARTS) is 1. The van der Waals surface area contributed by atoms with E-state index in [1.165, 1.54) is 4.90 Å². The molecule has 7 heteroatoms. The molecule has 2 aliphatic heterocycles. The van der Waals surface area contributed by atoms with E-state index in [4.69, 9.17) is 14.6 Å². The van der Waals surface area contributed by atoms with Crippen molar-refractivity contribution in [3.8, 4) is 0 Å². The molecule has 0 radical (unpaired) electrons. The molecule has 2 amide bonds. The Hall–Kier alpha value is -1.50. The van der Waals surface area contributed by atoms with Gasteiger partial charge in [-0.05, 0) is 40.0 Å². The summed E-state index contributed by atoms with van der Waals surface area (Å²) in [4.78, 5) is 24.1. The molecule has 1 atom stereocenters. The molecule has 2 heterocycles. The number of carbonyl (C=O) groups is 2. The van der Waals surface area contributed by atoms with Crippen molar-refractivity contribution in [1.82, 2.24) is 10.2 Å². The van der Waals surface area contributed by atoms with Crippen molar-refractivity contribution in [2.45, 2.75) is 57.3 Å². The maximum absolute atomic E-state index is 11.8. The van der Waals surface area contributed by atoms with Crippen LogP contribution in [0, 0.1) is 0 Å². The van der Waals surface area contributed by atoms with Gasteiger partial charge in [-0.15, -0.1) is 0 Å². The topological polar surface area (TPSA) is 88.1 Å². The minimum absolute atomic E-state index is 0.0729. The molecule has 21 heavy (non-hydrogen) atoms. The molecule has 7 nitrogen and oxygen atoms in total. The molecule has 0 bridgehead atoms. The molecule has 2 fully saturated rings. The lowest BCUT2D eigenvalue weighted by Crippen LogP contribution is -2.47. The molecule has 0 aromatic rings. The van der Waals surface area contributed by atoms with Gasteiger partial charge < -0.3 is 24.8 Å². The lowest BCUT2D eigenvalue weighted by Gasteiger charge is -2.37. The number of hydrogen-bond donors (Lipinski definition) is 2. The zero-order valence-electron chi connectivity index (χ0n) is 12.8. The third kappa shape index (κ3) is 4.23. The summed E-state index contributed by atoms with van der Waals surface area (Å²) < 4.78 is 11.1. The predicted molar refractivity (Wildman–Crippen MR) is 75.3 cm³/mol. The van der Waals surface area contributed by atoms with E-state index in [2.05, 4.69) is 5.32 Å². The van der Waals surface area contributed by atoms with Crippen molar-refractivity contribution in [1.29, 1.82) is 0 Å². The molecule has 120 valence electrons. The smallest absolute Gasteiger partial charge is 0.407 e. The third-order valence-electron chi connectivity index (χ3n) is 3.88. The van der Waals surface area contributed by atoms with Crippen molar-refractivity contribution < 1.29 is 24.2 Å². The number of amides is 2. The first kappa shape index (κ1) is 15.9. The minimum atomic E-state index is -0.883. The van der Waals surface area contributed by atoms with Crippen LogP contribution in [0.4, 0.5) is 9.59 Å². The molecular weight excluding hydrogens is 276 g/mol. The van der Waals surface area contributed by atoms with E-state index in [0.717, 1.165) is 0 Å². The van der Waals surface area contributed by atoms with Gasteiger partial charge in [-0.2, -0.15) is 0 Å². The van der Waals surface area contributed by atoms with Gasteiger partial charge in [-0.1, -0.05) is 0 Å². The highest BCUT2D eigenvalue weighted by molar-refractivity contribution is 5.68. The van der Waals surface area contributed by atoms with Crippen LogP contribution in [-0.4, -0.2) is 59.1 Å². The van der Waals surface area contributed by atoms with Crippen molar-refractivity contribution >= 4 is 12.2 Å². The van der Waals surface area contributed by atoms with Crippen LogP contribution in [-0.2, 0) is 9.47 Å². The summed E-state index contributed by atoms with van der Waals surface area (Å²) in [5, 5.41) is 11.8. The van der Waals surface area contributed by atoms with Crippen LogP contribution < -0.4 is 5.32 Å². The fourth-order valence-electron chi connectivity index (χ4n) is 2.87.